The average molecular weight is 365 g/mol. The lowest BCUT2D eigenvalue weighted by Gasteiger charge is -2.37. The molecular weight excluding hydrogens is 348 g/mol. The fourth-order valence-corrected chi connectivity index (χ4v) is 3.88. The molecule has 1 aromatic rings. The van der Waals surface area contributed by atoms with E-state index in [4.69, 9.17) is 0 Å². The van der Waals surface area contributed by atoms with Gasteiger partial charge in [0, 0.05) is 25.1 Å². The molecule has 5 nitrogen and oxygen atoms in total. The Hall–Kier alpha value is -2.09. The fraction of sp³-hybridized carbons (Fsp3) is 0.412. The van der Waals surface area contributed by atoms with Crippen LogP contribution in [-0.4, -0.2) is 40.5 Å². The van der Waals surface area contributed by atoms with Crippen LogP contribution in [0.5, 0.6) is 0 Å². The number of aliphatic imine (C=N–C) groups is 2. The highest BCUT2D eigenvalue weighted by molar-refractivity contribution is 8.13. The van der Waals surface area contributed by atoms with E-state index in [9.17, 15) is 18.4 Å². The second-order valence-electron chi connectivity index (χ2n) is 5.94. The number of hydrogen-bond donors (Lipinski definition) is 0. The van der Waals surface area contributed by atoms with Gasteiger partial charge in [-0.2, -0.15) is 9.98 Å². The van der Waals surface area contributed by atoms with Crippen molar-refractivity contribution in [3.8, 4) is 0 Å². The third kappa shape index (κ3) is 3.22. The van der Waals surface area contributed by atoms with Gasteiger partial charge in [-0.25, -0.2) is 8.78 Å². The van der Waals surface area contributed by atoms with E-state index in [-0.39, 0.29) is 17.8 Å². The summed E-state index contributed by atoms with van der Waals surface area (Å²) in [6.45, 7) is 2.01. The van der Waals surface area contributed by atoms with Crippen LogP contribution >= 0.6 is 11.8 Å². The Labute approximate surface area is 148 Å². The number of nitrogens with zero attached hydrogens (tertiary/aromatic N) is 3. The van der Waals surface area contributed by atoms with Gasteiger partial charge >= 0.3 is 0 Å². The lowest BCUT2D eigenvalue weighted by Crippen LogP contribution is -2.49. The number of carbonyl (C=O) groups is 2. The van der Waals surface area contributed by atoms with E-state index >= 15 is 0 Å². The minimum Gasteiger partial charge on any atom is -0.311 e. The van der Waals surface area contributed by atoms with E-state index in [0.717, 1.165) is 18.2 Å². The van der Waals surface area contributed by atoms with Crippen LogP contribution < -0.4 is 0 Å². The molecule has 0 aromatic heterocycles. The standard InChI is InChI=1S/C17H17F2N3O2S/c1-3-7-25-17-21-16(24)13-10(8-12(23)20-15(13)22(17)2)9-5-4-6-11(18)14(9)19/h4-6,10,13H,3,7-8H2,1-2H3. The van der Waals surface area contributed by atoms with Crippen molar-refractivity contribution in [2.45, 2.75) is 25.7 Å². The number of halogens is 2. The zero-order chi connectivity index (χ0) is 18.1. The normalized spacial score (nSPS) is 23.3. The van der Waals surface area contributed by atoms with Crippen LogP contribution in [0, 0.1) is 17.6 Å². The lowest BCUT2D eigenvalue weighted by atomic mass is 9.79. The van der Waals surface area contributed by atoms with Gasteiger partial charge in [-0.15, -0.1) is 0 Å². The fourth-order valence-electron chi connectivity index (χ4n) is 3.05. The van der Waals surface area contributed by atoms with Crippen molar-refractivity contribution in [2.75, 3.05) is 12.8 Å². The maximum absolute atomic E-state index is 14.2. The van der Waals surface area contributed by atoms with Gasteiger partial charge in [-0.3, -0.25) is 9.59 Å². The highest BCUT2D eigenvalue weighted by Gasteiger charge is 2.45. The molecule has 0 N–H and O–H groups in total. The van der Waals surface area contributed by atoms with E-state index in [2.05, 4.69) is 9.98 Å². The van der Waals surface area contributed by atoms with Crippen LogP contribution in [0.4, 0.5) is 8.78 Å². The molecule has 2 amide bonds. The predicted molar refractivity (Wildman–Crippen MR) is 92.6 cm³/mol. The summed E-state index contributed by atoms with van der Waals surface area (Å²) in [5.41, 5.74) is 0.00682. The summed E-state index contributed by atoms with van der Waals surface area (Å²) in [5, 5.41) is 0.468. The molecule has 2 atom stereocenters. The molecular formula is C17H17F2N3O2S. The van der Waals surface area contributed by atoms with Crippen LogP contribution in [0.3, 0.4) is 0 Å². The highest BCUT2D eigenvalue weighted by Crippen LogP contribution is 2.38. The van der Waals surface area contributed by atoms with Crippen molar-refractivity contribution in [3.63, 3.8) is 0 Å². The monoisotopic (exact) mass is 365 g/mol. The number of carbonyl (C=O) groups excluding carboxylic acids is 2. The number of hydrogen-bond acceptors (Lipinski definition) is 4. The molecule has 2 heterocycles. The minimum absolute atomic E-state index is 0.00682. The molecule has 0 saturated carbocycles. The van der Waals surface area contributed by atoms with Crippen LogP contribution in [0.25, 0.3) is 0 Å². The van der Waals surface area contributed by atoms with Gasteiger partial charge < -0.3 is 4.90 Å². The first-order valence-corrected chi connectivity index (χ1v) is 8.97. The number of thioether (sulfide) groups is 1. The smallest absolute Gasteiger partial charge is 0.259 e. The topological polar surface area (TPSA) is 62.1 Å². The van der Waals surface area contributed by atoms with E-state index in [0.29, 0.717) is 5.17 Å². The molecule has 2 aliphatic heterocycles. The van der Waals surface area contributed by atoms with Crippen molar-refractivity contribution in [3.05, 3.63) is 35.4 Å². The summed E-state index contributed by atoms with van der Waals surface area (Å²) in [7, 11) is 1.68. The first-order chi connectivity index (χ1) is 11.9. The summed E-state index contributed by atoms with van der Waals surface area (Å²) in [5.74, 6) is -3.65. The van der Waals surface area contributed by atoms with E-state index < -0.39 is 35.3 Å². The summed E-state index contributed by atoms with van der Waals surface area (Å²) >= 11 is 1.40. The van der Waals surface area contributed by atoms with Crippen LogP contribution in [0.1, 0.15) is 31.2 Å². The maximum atomic E-state index is 14.2. The van der Waals surface area contributed by atoms with Gasteiger partial charge in [0.05, 0.1) is 0 Å². The molecule has 132 valence electrons. The summed E-state index contributed by atoms with van der Waals surface area (Å²) in [6, 6.07) is 3.77. The number of benzene rings is 1. The Morgan fingerprint density at radius 3 is 2.76 bits per heavy atom. The largest absolute Gasteiger partial charge is 0.311 e. The Balaban J connectivity index is 2.04. The average Bonchev–Trinajstić information content (AvgIpc) is 2.58. The second-order valence-corrected chi connectivity index (χ2v) is 7.00. The first-order valence-electron chi connectivity index (χ1n) is 7.98. The van der Waals surface area contributed by atoms with Crippen molar-refractivity contribution in [2.24, 2.45) is 15.9 Å². The molecule has 0 radical (unpaired) electrons. The molecule has 2 unspecified atom stereocenters. The molecule has 8 heteroatoms. The SMILES string of the molecule is CCCSC1=NC(=O)C2C(=NC(=O)CC2c2cccc(F)c2F)N1C. The van der Waals surface area contributed by atoms with E-state index in [1.165, 1.54) is 23.9 Å². The zero-order valence-corrected chi connectivity index (χ0v) is 14.6. The van der Waals surface area contributed by atoms with Crippen LogP contribution in [0.2, 0.25) is 0 Å². The third-order valence-electron chi connectivity index (χ3n) is 4.23. The lowest BCUT2D eigenvalue weighted by molar-refractivity contribution is -0.122. The summed E-state index contributed by atoms with van der Waals surface area (Å²) in [6.07, 6.45) is 0.749. The van der Waals surface area contributed by atoms with Crippen LogP contribution in [0.15, 0.2) is 28.2 Å². The molecule has 25 heavy (non-hydrogen) atoms. The van der Waals surface area contributed by atoms with E-state index in [1.807, 2.05) is 6.92 Å². The molecule has 0 saturated heterocycles. The molecule has 0 spiro atoms. The Morgan fingerprint density at radius 1 is 1.28 bits per heavy atom. The molecule has 1 aromatic carbocycles. The number of fused-ring (bicyclic) bond motifs is 1. The highest BCUT2D eigenvalue weighted by atomic mass is 32.2. The Morgan fingerprint density at radius 2 is 2.04 bits per heavy atom. The number of amidine groups is 2. The molecule has 2 aliphatic rings. The Kier molecular flexibility index (Phi) is 4.99. The van der Waals surface area contributed by atoms with Crippen molar-refractivity contribution in [1.29, 1.82) is 0 Å². The quantitative estimate of drug-likeness (QED) is 0.826. The molecule has 3 rings (SSSR count). The zero-order valence-electron chi connectivity index (χ0n) is 13.8. The summed E-state index contributed by atoms with van der Waals surface area (Å²) < 4.78 is 27.9. The van der Waals surface area contributed by atoms with Crippen molar-refractivity contribution >= 4 is 34.6 Å². The van der Waals surface area contributed by atoms with Gasteiger partial charge in [0.15, 0.2) is 16.8 Å². The second kappa shape index (κ2) is 7.03. The van der Waals surface area contributed by atoms with Crippen LogP contribution in [-0.2, 0) is 9.59 Å². The van der Waals surface area contributed by atoms with Crippen molar-refractivity contribution < 1.29 is 18.4 Å². The van der Waals surface area contributed by atoms with Gasteiger partial charge in [-0.1, -0.05) is 30.8 Å². The molecule has 0 fully saturated rings. The van der Waals surface area contributed by atoms with Gasteiger partial charge in [0.25, 0.3) is 5.91 Å². The third-order valence-corrected chi connectivity index (χ3v) is 5.47. The molecule has 0 aliphatic carbocycles. The van der Waals surface area contributed by atoms with Gasteiger partial charge in [0.2, 0.25) is 5.91 Å². The van der Waals surface area contributed by atoms with Crippen molar-refractivity contribution in [1.82, 2.24) is 4.90 Å². The maximum Gasteiger partial charge on any atom is 0.259 e. The Bertz CT molecular complexity index is 794. The van der Waals surface area contributed by atoms with E-state index in [1.54, 1.807) is 11.9 Å². The minimum atomic E-state index is -1.04. The summed E-state index contributed by atoms with van der Waals surface area (Å²) in [4.78, 5) is 34.4. The molecule has 0 bridgehead atoms. The number of amides is 2. The first kappa shape index (κ1) is 17.7. The van der Waals surface area contributed by atoms with Gasteiger partial charge in [-0.05, 0) is 18.1 Å². The predicted octanol–water partition coefficient (Wildman–Crippen LogP) is 2.96. The number of rotatable bonds is 3. The van der Waals surface area contributed by atoms with Gasteiger partial charge in [0.1, 0.15) is 11.8 Å².